The highest BCUT2D eigenvalue weighted by atomic mass is 16.7. The molecule has 1 aliphatic rings. The van der Waals surface area contributed by atoms with Crippen LogP contribution in [0.2, 0.25) is 0 Å². The molecule has 0 spiro atoms. The zero-order valence-corrected chi connectivity index (χ0v) is 16.4. The Balaban J connectivity index is 1.79. The minimum absolute atomic E-state index is 0.159. The largest absolute Gasteiger partial charge is 0.496 e. The van der Waals surface area contributed by atoms with Gasteiger partial charge in [0.2, 0.25) is 0 Å². The van der Waals surface area contributed by atoms with Gasteiger partial charge < -0.3 is 9.31 Å². The van der Waals surface area contributed by atoms with Gasteiger partial charge in [-0.2, -0.15) is 0 Å². The molecule has 0 atom stereocenters. The third-order valence-electron chi connectivity index (χ3n) is 5.36. The van der Waals surface area contributed by atoms with Crippen molar-refractivity contribution < 1.29 is 9.31 Å². The van der Waals surface area contributed by atoms with Gasteiger partial charge in [0.1, 0.15) is 0 Å². The van der Waals surface area contributed by atoms with Crippen molar-refractivity contribution in [2.75, 3.05) is 0 Å². The fourth-order valence-electron chi connectivity index (χ4n) is 2.84. The Morgan fingerprint density at radius 2 is 1.40 bits per heavy atom. The highest BCUT2D eigenvalue weighted by Gasteiger charge is 2.51. The third kappa shape index (κ3) is 3.51. The topological polar surface area (TPSA) is 31.4 Å². The fourth-order valence-corrected chi connectivity index (χ4v) is 2.84. The monoisotopic (exact) mass is 337 g/mol. The predicted octanol–water partition coefficient (Wildman–Crippen LogP) is 4.35. The smallest absolute Gasteiger partial charge is 0.399 e. The van der Waals surface area contributed by atoms with E-state index in [9.17, 15) is 0 Å². The lowest BCUT2D eigenvalue weighted by atomic mass is 9.80. The Labute approximate surface area is 151 Å². The number of nitrogens with zero attached hydrogens (tertiary/aromatic N) is 1. The molecule has 3 nitrogen and oxygen atoms in total. The molecule has 0 amide bonds. The number of aromatic nitrogens is 1. The molecule has 25 heavy (non-hydrogen) atoms. The van der Waals surface area contributed by atoms with Gasteiger partial charge in [-0.05, 0) is 44.7 Å². The van der Waals surface area contributed by atoms with Gasteiger partial charge in [0.05, 0.1) is 16.9 Å². The molecule has 132 valence electrons. The van der Waals surface area contributed by atoms with Crippen LogP contribution in [0.3, 0.4) is 0 Å². The first-order chi connectivity index (χ1) is 11.5. The number of benzene rings is 1. The van der Waals surface area contributed by atoms with Crippen LogP contribution in [0.1, 0.15) is 54.0 Å². The molecule has 0 unspecified atom stereocenters. The average Bonchev–Trinajstić information content (AvgIpc) is 2.75. The molecule has 0 N–H and O–H groups in total. The quantitative estimate of drug-likeness (QED) is 0.764. The van der Waals surface area contributed by atoms with Crippen molar-refractivity contribution in [2.45, 2.75) is 65.1 Å². The first-order valence-corrected chi connectivity index (χ1v) is 8.92. The molecule has 2 heterocycles. The standard InChI is InChI=1S/C21H28BNO2/c1-19(2,3)16-10-8-15(9-11-16)18-13-12-17(14-23-18)22-24-20(4,5)21(6,7)25-22/h8-14H,1-7H3. The molecular formula is C21H28BNO2. The van der Waals surface area contributed by atoms with Crippen LogP contribution in [0.15, 0.2) is 42.6 Å². The molecule has 1 aromatic carbocycles. The van der Waals surface area contributed by atoms with E-state index in [1.807, 2.05) is 18.3 Å². The van der Waals surface area contributed by atoms with E-state index in [0.717, 1.165) is 16.7 Å². The van der Waals surface area contributed by atoms with Crippen molar-refractivity contribution in [3.63, 3.8) is 0 Å². The van der Waals surface area contributed by atoms with E-state index in [1.54, 1.807) is 0 Å². The molecule has 0 radical (unpaired) electrons. The van der Waals surface area contributed by atoms with Gasteiger partial charge in [0, 0.05) is 17.2 Å². The lowest BCUT2D eigenvalue weighted by Crippen LogP contribution is -2.41. The van der Waals surface area contributed by atoms with Gasteiger partial charge in [-0.1, -0.05) is 51.1 Å². The predicted molar refractivity (Wildman–Crippen MR) is 104 cm³/mol. The van der Waals surface area contributed by atoms with Crippen LogP contribution in [-0.4, -0.2) is 23.3 Å². The van der Waals surface area contributed by atoms with E-state index in [0.29, 0.717) is 0 Å². The molecule has 1 aromatic heterocycles. The summed E-state index contributed by atoms with van der Waals surface area (Å²) < 4.78 is 12.2. The minimum atomic E-state index is -0.366. The van der Waals surface area contributed by atoms with Gasteiger partial charge in [-0.3, -0.25) is 4.98 Å². The van der Waals surface area contributed by atoms with Crippen molar-refractivity contribution in [1.82, 2.24) is 4.98 Å². The number of hydrogen-bond donors (Lipinski definition) is 0. The average molecular weight is 337 g/mol. The first-order valence-electron chi connectivity index (χ1n) is 8.92. The Morgan fingerprint density at radius 1 is 0.840 bits per heavy atom. The minimum Gasteiger partial charge on any atom is -0.399 e. The van der Waals surface area contributed by atoms with Crippen LogP contribution >= 0.6 is 0 Å². The van der Waals surface area contributed by atoms with Gasteiger partial charge in [-0.15, -0.1) is 0 Å². The Hall–Kier alpha value is -1.65. The molecule has 0 saturated carbocycles. The van der Waals surface area contributed by atoms with Gasteiger partial charge in [-0.25, -0.2) is 0 Å². The molecule has 4 heteroatoms. The highest BCUT2D eigenvalue weighted by Crippen LogP contribution is 2.36. The Morgan fingerprint density at radius 3 is 1.84 bits per heavy atom. The van der Waals surface area contributed by atoms with E-state index in [4.69, 9.17) is 9.31 Å². The second kappa shape index (κ2) is 5.96. The lowest BCUT2D eigenvalue weighted by molar-refractivity contribution is 0.00578. The van der Waals surface area contributed by atoms with Crippen LogP contribution in [-0.2, 0) is 14.7 Å². The lowest BCUT2D eigenvalue weighted by Gasteiger charge is -2.32. The normalized spacial score (nSPS) is 19.2. The molecule has 1 aliphatic heterocycles. The summed E-state index contributed by atoms with van der Waals surface area (Å²) in [6.07, 6.45) is 1.86. The van der Waals surface area contributed by atoms with Crippen molar-refractivity contribution in [1.29, 1.82) is 0 Å². The summed E-state index contributed by atoms with van der Waals surface area (Å²) >= 11 is 0. The zero-order valence-electron chi connectivity index (χ0n) is 16.4. The fraction of sp³-hybridized carbons (Fsp3) is 0.476. The van der Waals surface area contributed by atoms with E-state index in [2.05, 4.69) is 77.7 Å². The maximum Gasteiger partial charge on any atom is 0.496 e. The summed E-state index contributed by atoms with van der Waals surface area (Å²) in [5.41, 5.74) is 3.85. The SMILES string of the molecule is CC(C)(C)c1ccc(-c2ccc(B3OC(C)(C)C(C)(C)O3)cn2)cc1. The summed E-state index contributed by atoms with van der Waals surface area (Å²) in [7, 11) is -0.366. The Kier molecular flexibility index (Phi) is 4.33. The van der Waals surface area contributed by atoms with Crippen molar-refractivity contribution in [2.24, 2.45) is 0 Å². The number of rotatable bonds is 2. The number of pyridine rings is 1. The summed E-state index contributed by atoms with van der Waals surface area (Å²) in [6.45, 7) is 14.9. The second-order valence-corrected chi connectivity index (χ2v) is 8.89. The molecule has 0 aliphatic carbocycles. The number of hydrogen-bond acceptors (Lipinski definition) is 3. The summed E-state index contributed by atoms with van der Waals surface area (Å²) in [5.74, 6) is 0. The van der Waals surface area contributed by atoms with E-state index >= 15 is 0 Å². The zero-order chi connectivity index (χ0) is 18.5. The van der Waals surface area contributed by atoms with Crippen LogP contribution in [0.4, 0.5) is 0 Å². The van der Waals surface area contributed by atoms with Crippen LogP contribution < -0.4 is 5.46 Å². The van der Waals surface area contributed by atoms with Crippen molar-refractivity contribution >= 4 is 12.6 Å². The van der Waals surface area contributed by atoms with Crippen LogP contribution in [0.25, 0.3) is 11.3 Å². The van der Waals surface area contributed by atoms with Gasteiger partial charge in [0.15, 0.2) is 0 Å². The maximum atomic E-state index is 6.09. The molecule has 1 fully saturated rings. The van der Waals surface area contributed by atoms with Gasteiger partial charge >= 0.3 is 7.12 Å². The van der Waals surface area contributed by atoms with E-state index in [1.165, 1.54) is 5.56 Å². The molecule has 3 rings (SSSR count). The molecule has 1 saturated heterocycles. The maximum absolute atomic E-state index is 6.09. The summed E-state index contributed by atoms with van der Waals surface area (Å²) in [4.78, 5) is 4.62. The highest BCUT2D eigenvalue weighted by molar-refractivity contribution is 6.62. The van der Waals surface area contributed by atoms with Crippen molar-refractivity contribution in [3.05, 3.63) is 48.2 Å². The van der Waals surface area contributed by atoms with Gasteiger partial charge in [0.25, 0.3) is 0 Å². The Bertz CT molecular complexity index is 727. The summed E-state index contributed by atoms with van der Waals surface area (Å²) in [6, 6.07) is 12.7. The molecule has 2 aromatic rings. The summed E-state index contributed by atoms with van der Waals surface area (Å²) in [5, 5.41) is 0. The molecular weight excluding hydrogens is 309 g/mol. The molecule has 0 bridgehead atoms. The second-order valence-electron chi connectivity index (χ2n) is 8.89. The third-order valence-corrected chi connectivity index (χ3v) is 5.36. The van der Waals surface area contributed by atoms with Crippen LogP contribution in [0.5, 0.6) is 0 Å². The first kappa shape index (κ1) is 18.2. The van der Waals surface area contributed by atoms with Crippen molar-refractivity contribution in [3.8, 4) is 11.3 Å². The van der Waals surface area contributed by atoms with E-state index in [-0.39, 0.29) is 23.7 Å². The van der Waals surface area contributed by atoms with E-state index < -0.39 is 0 Å². The van der Waals surface area contributed by atoms with Crippen LogP contribution in [0, 0.1) is 0 Å².